The SMILES string of the molecule is CCc1ccc(Nc2nccc(C(=O)NCC3CCCO3)n2)cc1. The molecule has 6 nitrogen and oxygen atoms in total. The highest BCUT2D eigenvalue weighted by Crippen LogP contribution is 2.14. The number of hydrogen-bond donors (Lipinski definition) is 2. The molecule has 1 fully saturated rings. The fourth-order valence-corrected chi connectivity index (χ4v) is 2.60. The first-order valence-electron chi connectivity index (χ1n) is 8.33. The van der Waals surface area contributed by atoms with Crippen molar-refractivity contribution in [3.63, 3.8) is 0 Å². The van der Waals surface area contributed by atoms with Gasteiger partial charge in [-0.15, -0.1) is 0 Å². The molecule has 1 aromatic carbocycles. The smallest absolute Gasteiger partial charge is 0.270 e. The lowest BCUT2D eigenvalue weighted by Gasteiger charge is -2.11. The van der Waals surface area contributed by atoms with Crippen molar-refractivity contribution in [1.82, 2.24) is 15.3 Å². The Balaban J connectivity index is 1.60. The van der Waals surface area contributed by atoms with Crippen molar-refractivity contribution in [3.05, 3.63) is 47.8 Å². The second kappa shape index (κ2) is 7.88. The van der Waals surface area contributed by atoms with Gasteiger partial charge in [0.2, 0.25) is 5.95 Å². The minimum Gasteiger partial charge on any atom is -0.376 e. The van der Waals surface area contributed by atoms with Crippen LogP contribution in [0, 0.1) is 0 Å². The van der Waals surface area contributed by atoms with E-state index in [-0.39, 0.29) is 12.0 Å². The summed E-state index contributed by atoms with van der Waals surface area (Å²) in [4.78, 5) is 20.7. The lowest BCUT2D eigenvalue weighted by Crippen LogP contribution is -2.32. The molecule has 2 aromatic rings. The number of hydrogen-bond acceptors (Lipinski definition) is 5. The predicted molar refractivity (Wildman–Crippen MR) is 92.4 cm³/mol. The molecule has 0 spiro atoms. The summed E-state index contributed by atoms with van der Waals surface area (Å²) in [5.41, 5.74) is 2.50. The van der Waals surface area contributed by atoms with Crippen LogP contribution >= 0.6 is 0 Å². The number of aromatic nitrogens is 2. The highest BCUT2D eigenvalue weighted by atomic mass is 16.5. The third kappa shape index (κ3) is 4.29. The van der Waals surface area contributed by atoms with Crippen LogP contribution in [0.1, 0.15) is 35.8 Å². The molecule has 3 rings (SSSR count). The Morgan fingerprint density at radius 3 is 2.83 bits per heavy atom. The molecule has 6 heteroatoms. The van der Waals surface area contributed by atoms with Crippen LogP contribution < -0.4 is 10.6 Å². The molecule has 0 radical (unpaired) electrons. The van der Waals surface area contributed by atoms with Gasteiger partial charge < -0.3 is 15.4 Å². The van der Waals surface area contributed by atoms with Crippen LogP contribution in [0.3, 0.4) is 0 Å². The lowest BCUT2D eigenvalue weighted by atomic mass is 10.1. The second-order valence-corrected chi connectivity index (χ2v) is 5.79. The highest BCUT2D eigenvalue weighted by Gasteiger charge is 2.17. The molecule has 0 bridgehead atoms. The molecular formula is C18H22N4O2. The normalized spacial score (nSPS) is 16.8. The Labute approximate surface area is 141 Å². The Kier molecular flexibility index (Phi) is 5.38. The predicted octanol–water partition coefficient (Wildman–Crippen LogP) is 2.69. The second-order valence-electron chi connectivity index (χ2n) is 5.79. The molecule has 0 aliphatic carbocycles. The number of amides is 1. The fourth-order valence-electron chi connectivity index (χ4n) is 2.60. The van der Waals surface area contributed by atoms with Crippen LogP contribution in [-0.4, -0.2) is 35.1 Å². The minimum atomic E-state index is -0.211. The number of nitrogens with one attached hydrogen (secondary N) is 2. The summed E-state index contributed by atoms with van der Waals surface area (Å²) in [7, 11) is 0. The number of rotatable bonds is 6. The monoisotopic (exact) mass is 326 g/mol. The van der Waals surface area contributed by atoms with Gasteiger partial charge in [0.05, 0.1) is 6.10 Å². The van der Waals surface area contributed by atoms with Crippen molar-refractivity contribution in [2.75, 3.05) is 18.5 Å². The molecule has 126 valence electrons. The zero-order valence-corrected chi connectivity index (χ0v) is 13.8. The number of ether oxygens (including phenoxy) is 1. The van der Waals surface area contributed by atoms with Gasteiger partial charge in [0.25, 0.3) is 5.91 Å². The number of benzene rings is 1. The molecule has 2 heterocycles. The van der Waals surface area contributed by atoms with E-state index in [2.05, 4.69) is 39.7 Å². The van der Waals surface area contributed by atoms with E-state index in [9.17, 15) is 4.79 Å². The number of anilines is 2. The topological polar surface area (TPSA) is 76.1 Å². The summed E-state index contributed by atoms with van der Waals surface area (Å²) < 4.78 is 5.50. The van der Waals surface area contributed by atoms with Crippen LogP contribution in [0.5, 0.6) is 0 Å². The molecular weight excluding hydrogens is 304 g/mol. The van der Waals surface area contributed by atoms with Crippen LogP contribution in [0.4, 0.5) is 11.6 Å². The van der Waals surface area contributed by atoms with Crippen LogP contribution in [0.25, 0.3) is 0 Å². The summed E-state index contributed by atoms with van der Waals surface area (Å²) in [6.07, 6.45) is 4.74. The van der Waals surface area contributed by atoms with E-state index >= 15 is 0 Å². The first-order chi connectivity index (χ1) is 11.7. The van der Waals surface area contributed by atoms with Gasteiger partial charge in [-0.3, -0.25) is 4.79 Å². The maximum absolute atomic E-state index is 12.2. The molecule has 1 amide bonds. The first-order valence-corrected chi connectivity index (χ1v) is 8.33. The lowest BCUT2D eigenvalue weighted by molar-refractivity contribution is 0.0853. The van der Waals surface area contributed by atoms with Crippen LogP contribution in [0.15, 0.2) is 36.5 Å². The largest absolute Gasteiger partial charge is 0.376 e. The minimum absolute atomic E-state index is 0.116. The van der Waals surface area contributed by atoms with E-state index in [0.717, 1.165) is 31.6 Å². The van der Waals surface area contributed by atoms with Crippen molar-refractivity contribution in [2.24, 2.45) is 0 Å². The van der Waals surface area contributed by atoms with E-state index in [4.69, 9.17) is 4.74 Å². The molecule has 24 heavy (non-hydrogen) atoms. The number of carbonyl (C=O) groups excluding carboxylic acids is 1. The average molecular weight is 326 g/mol. The summed E-state index contributed by atoms with van der Waals surface area (Å²) in [6, 6.07) is 9.68. The van der Waals surface area contributed by atoms with Gasteiger partial charge in [0, 0.05) is 25.0 Å². The number of aryl methyl sites for hydroxylation is 1. The third-order valence-electron chi connectivity index (χ3n) is 4.02. The summed E-state index contributed by atoms with van der Waals surface area (Å²) >= 11 is 0. The maximum Gasteiger partial charge on any atom is 0.270 e. The maximum atomic E-state index is 12.2. The van der Waals surface area contributed by atoms with Crippen molar-refractivity contribution >= 4 is 17.5 Å². The Morgan fingerprint density at radius 1 is 1.29 bits per heavy atom. The number of carbonyl (C=O) groups is 1. The molecule has 0 saturated carbocycles. The first kappa shape index (κ1) is 16.4. The highest BCUT2D eigenvalue weighted by molar-refractivity contribution is 5.92. The average Bonchev–Trinajstić information content (AvgIpc) is 3.14. The molecule has 1 aliphatic rings. The molecule has 1 aliphatic heterocycles. The van der Waals surface area contributed by atoms with Gasteiger partial charge in [-0.25, -0.2) is 9.97 Å². The summed E-state index contributed by atoms with van der Waals surface area (Å²) in [6.45, 7) is 3.41. The van der Waals surface area contributed by atoms with Gasteiger partial charge in [0.1, 0.15) is 5.69 Å². The Hall–Kier alpha value is -2.47. The van der Waals surface area contributed by atoms with Crippen molar-refractivity contribution < 1.29 is 9.53 Å². The summed E-state index contributed by atoms with van der Waals surface area (Å²) in [5, 5.41) is 5.99. The Morgan fingerprint density at radius 2 is 2.12 bits per heavy atom. The zero-order valence-electron chi connectivity index (χ0n) is 13.8. The molecule has 1 aromatic heterocycles. The van der Waals surface area contributed by atoms with Gasteiger partial charge in [-0.1, -0.05) is 19.1 Å². The zero-order chi connectivity index (χ0) is 16.8. The van der Waals surface area contributed by atoms with E-state index in [0.29, 0.717) is 18.2 Å². The molecule has 1 saturated heterocycles. The van der Waals surface area contributed by atoms with E-state index in [1.54, 1.807) is 12.3 Å². The van der Waals surface area contributed by atoms with Crippen LogP contribution in [-0.2, 0) is 11.2 Å². The quantitative estimate of drug-likeness (QED) is 0.853. The standard InChI is InChI=1S/C18H22N4O2/c1-2-13-5-7-14(8-6-13)21-18-19-10-9-16(22-18)17(23)20-12-15-4-3-11-24-15/h5-10,15H,2-4,11-12H2,1H3,(H,20,23)(H,19,21,22). The third-order valence-corrected chi connectivity index (χ3v) is 4.02. The molecule has 1 unspecified atom stereocenters. The van der Waals surface area contributed by atoms with Gasteiger partial charge in [-0.2, -0.15) is 0 Å². The molecule has 2 N–H and O–H groups in total. The van der Waals surface area contributed by atoms with E-state index in [1.807, 2.05) is 12.1 Å². The Bertz CT molecular complexity index is 682. The number of nitrogens with zero attached hydrogens (tertiary/aromatic N) is 2. The van der Waals surface area contributed by atoms with Crippen LogP contribution in [0.2, 0.25) is 0 Å². The molecule has 1 atom stereocenters. The van der Waals surface area contributed by atoms with E-state index < -0.39 is 0 Å². The van der Waals surface area contributed by atoms with Crippen molar-refractivity contribution in [2.45, 2.75) is 32.3 Å². The van der Waals surface area contributed by atoms with Crippen molar-refractivity contribution in [1.29, 1.82) is 0 Å². The van der Waals surface area contributed by atoms with Gasteiger partial charge in [-0.05, 0) is 43.0 Å². The summed E-state index contributed by atoms with van der Waals surface area (Å²) in [5.74, 6) is 0.196. The van der Waals surface area contributed by atoms with Gasteiger partial charge >= 0.3 is 0 Å². The van der Waals surface area contributed by atoms with E-state index in [1.165, 1.54) is 5.56 Å². The fraction of sp³-hybridized carbons (Fsp3) is 0.389. The van der Waals surface area contributed by atoms with Crippen molar-refractivity contribution in [3.8, 4) is 0 Å². The van der Waals surface area contributed by atoms with Gasteiger partial charge in [0.15, 0.2) is 0 Å².